The van der Waals surface area contributed by atoms with E-state index in [2.05, 4.69) is 10.2 Å². The largest absolute Gasteiger partial charge is 0.392 e. The number of H-pyrrole nitrogens is 1. The number of nitrogens with one attached hydrogen (secondary N) is 1. The predicted octanol–water partition coefficient (Wildman–Crippen LogP) is -0.835. The molecule has 1 aromatic rings. The molecule has 1 atom stereocenters. The van der Waals surface area contributed by atoms with Gasteiger partial charge in [0.05, 0.1) is 12.3 Å². The minimum absolute atomic E-state index is 0.145. The molecule has 0 bridgehead atoms. The maximum absolute atomic E-state index is 11.8. The number of aromatic amines is 1. The highest BCUT2D eigenvalue weighted by Crippen LogP contribution is 2.19. The Morgan fingerprint density at radius 3 is 2.93 bits per heavy atom. The summed E-state index contributed by atoms with van der Waals surface area (Å²) in [5.41, 5.74) is 0. The van der Waals surface area contributed by atoms with Gasteiger partial charge in [-0.25, -0.2) is 8.42 Å². The molecule has 2 rings (SSSR count). The summed E-state index contributed by atoms with van der Waals surface area (Å²) >= 11 is 0. The van der Waals surface area contributed by atoms with Crippen LogP contribution in [0.15, 0.2) is 17.3 Å². The van der Waals surface area contributed by atoms with Crippen LogP contribution < -0.4 is 0 Å². The van der Waals surface area contributed by atoms with Crippen LogP contribution in [-0.4, -0.2) is 47.2 Å². The summed E-state index contributed by atoms with van der Waals surface area (Å²) in [4.78, 5) is 0.145. The van der Waals surface area contributed by atoms with E-state index < -0.39 is 16.1 Å². The number of aliphatic hydroxyl groups is 1. The van der Waals surface area contributed by atoms with Crippen LogP contribution in [0.1, 0.15) is 6.42 Å². The van der Waals surface area contributed by atoms with Crippen molar-refractivity contribution >= 4 is 10.0 Å². The van der Waals surface area contributed by atoms with Crippen molar-refractivity contribution in [3.8, 4) is 0 Å². The molecule has 1 aliphatic rings. The Bertz CT molecular complexity index is 400. The van der Waals surface area contributed by atoms with Crippen molar-refractivity contribution in [2.24, 2.45) is 0 Å². The van der Waals surface area contributed by atoms with Gasteiger partial charge in [-0.05, 0) is 6.42 Å². The van der Waals surface area contributed by atoms with E-state index in [4.69, 9.17) is 0 Å². The highest BCUT2D eigenvalue weighted by Gasteiger charge is 2.31. The summed E-state index contributed by atoms with van der Waals surface area (Å²) in [7, 11) is -3.45. The highest BCUT2D eigenvalue weighted by molar-refractivity contribution is 7.89. The van der Waals surface area contributed by atoms with Gasteiger partial charge in [0.25, 0.3) is 0 Å². The van der Waals surface area contributed by atoms with Crippen molar-refractivity contribution in [2.75, 3.05) is 13.1 Å². The second-order valence-corrected chi connectivity index (χ2v) is 5.18. The molecule has 1 aliphatic heterocycles. The molecule has 6 nitrogen and oxygen atoms in total. The molecule has 0 saturated carbocycles. The molecule has 7 heteroatoms. The monoisotopic (exact) mass is 217 g/mol. The molecule has 0 aromatic carbocycles. The van der Waals surface area contributed by atoms with Crippen LogP contribution in [0.4, 0.5) is 0 Å². The van der Waals surface area contributed by atoms with Gasteiger partial charge in [0.2, 0.25) is 10.0 Å². The molecule has 1 aromatic heterocycles. The molecule has 0 spiro atoms. The molecule has 0 unspecified atom stereocenters. The lowest BCUT2D eigenvalue weighted by Crippen LogP contribution is -2.29. The van der Waals surface area contributed by atoms with Gasteiger partial charge in [0.15, 0.2) is 0 Å². The fourth-order valence-electron chi connectivity index (χ4n) is 1.46. The van der Waals surface area contributed by atoms with Gasteiger partial charge in [-0.15, -0.1) is 0 Å². The van der Waals surface area contributed by atoms with Crippen molar-refractivity contribution in [1.29, 1.82) is 0 Å². The lowest BCUT2D eigenvalue weighted by molar-refractivity contribution is 0.189. The van der Waals surface area contributed by atoms with E-state index in [0.717, 1.165) is 0 Å². The van der Waals surface area contributed by atoms with E-state index in [1.54, 1.807) is 0 Å². The van der Waals surface area contributed by atoms with Crippen molar-refractivity contribution in [3.63, 3.8) is 0 Å². The number of aliphatic hydroxyl groups excluding tert-OH is 1. The zero-order valence-electron chi connectivity index (χ0n) is 7.42. The third kappa shape index (κ3) is 1.54. The zero-order valence-corrected chi connectivity index (χ0v) is 8.24. The van der Waals surface area contributed by atoms with E-state index in [1.807, 2.05) is 0 Å². The van der Waals surface area contributed by atoms with E-state index in [9.17, 15) is 13.5 Å². The first kappa shape index (κ1) is 9.63. The van der Waals surface area contributed by atoms with Crippen LogP contribution in [0.5, 0.6) is 0 Å². The second kappa shape index (κ2) is 3.34. The summed E-state index contributed by atoms with van der Waals surface area (Å²) < 4.78 is 24.9. The number of β-amino-alcohol motifs (C(OH)–C–C–N with tert-alkyl or cyclic N) is 1. The maximum atomic E-state index is 11.8. The van der Waals surface area contributed by atoms with Gasteiger partial charge in [0, 0.05) is 19.3 Å². The lowest BCUT2D eigenvalue weighted by atomic mass is 10.3. The van der Waals surface area contributed by atoms with Crippen molar-refractivity contribution < 1.29 is 13.5 Å². The highest BCUT2D eigenvalue weighted by atomic mass is 32.2. The molecular formula is C7H11N3O3S. The first-order chi connectivity index (χ1) is 6.60. The minimum Gasteiger partial charge on any atom is -0.392 e. The normalized spacial score (nSPS) is 24.2. The molecule has 2 heterocycles. The summed E-state index contributed by atoms with van der Waals surface area (Å²) in [5.74, 6) is 0. The van der Waals surface area contributed by atoms with Gasteiger partial charge >= 0.3 is 0 Å². The number of nitrogens with zero attached hydrogens (tertiary/aromatic N) is 2. The van der Waals surface area contributed by atoms with Crippen molar-refractivity contribution in [3.05, 3.63) is 12.4 Å². The first-order valence-electron chi connectivity index (χ1n) is 4.28. The number of hydrogen-bond donors (Lipinski definition) is 2. The summed E-state index contributed by atoms with van der Waals surface area (Å²) in [6.07, 6.45) is 2.55. The molecule has 1 saturated heterocycles. The molecule has 0 radical (unpaired) electrons. The molecule has 0 amide bonds. The lowest BCUT2D eigenvalue weighted by Gasteiger charge is -2.13. The van der Waals surface area contributed by atoms with Gasteiger partial charge in [-0.3, -0.25) is 5.10 Å². The smallest absolute Gasteiger partial charge is 0.246 e. The Morgan fingerprint density at radius 2 is 2.43 bits per heavy atom. The summed E-state index contributed by atoms with van der Waals surface area (Å²) in [6.45, 7) is 0.544. The average molecular weight is 217 g/mol. The van der Waals surface area contributed by atoms with Crippen molar-refractivity contribution in [1.82, 2.24) is 14.5 Å². The molecule has 78 valence electrons. The van der Waals surface area contributed by atoms with Crippen LogP contribution in [0.3, 0.4) is 0 Å². The van der Waals surface area contributed by atoms with E-state index >= 15 is 0 Å². The SMILES string of the molecule is O=S(=O)(c1cn[nH]c1)N1CC[C@@H](O)C1. The summed E-state index contributed by atoms with van der Waals surface area (Å²) in [6, 6.07) is 0. The second-order valence-electron chi connectivity index (χ2n) is 3.24. The number of hydrogen-bond acceptors (Lipinski definition) is 4. The van der Waals surface area contributed by atoms with E-state index in [-0.39, 0.29) is 11.4 Å². The van der Waals surface area contributed by atoms with Crippen LogP contribution in [0.25, 0.3) is 0 Å². The van der Waals surface area contributed by atoms with E-state index in [0.29, 0.717) is 13.0 Å². The van der Waals surface area contributed by atoms with E-state index in [1.165, 1.54) is 16.7 Å². The van der Waals surface area contributed by atoms with Gasteiger partial charge in [-0.2, -0.15) is 9.40 Å². The predicted molar refractivity (Wildman–Crippen MR) is 48.0 cm³/mol. The molecular weight excluding hydrogens is 206 g/mol. The first-order valence-corrected chi connectivity index (χ1v) is 5.72. The standard InChI is InChI=1S/C7H11N3O3S/c11-6-1-2-10(5-6)14(12,13)7-3-8-9-4-7/h3-4,6,11H,1-2,5H2,(H,8,9)/t6-/m1/s1. The van der Waals surface area contributed by atoms with Crippen molar-refractivity contribution in [2.45, 2.75) is 17.4 Å². The quantitative estimate of drug-likeness (QED) is 0.676. The third-order valence-corrected chi connectivity index (χ3v) is 4.07. The number of aromatic nitrogens is 2. The maximum Gasteiger partial charge on any atom is 0.246 e. The van der Waals surface area contributed by atoms with Gasteiger partial charge in [-0.1, -0.05) is 0 Å². The molecule has 2 N–H and O–H groups in total. The molecule has 1 fully saturated rings. The Kier molecular flexibility index (Phi) is 2.30. The zero-order chi connectivity index (χ0) is 10.2. The number of rotatable bonds is 2. The van der Waals surface area contributed by atoms with Gasteiger partial charge in [0.1, 0.15) is 4.90 Å². The van der Waals surface area contributed by atoms with Crippen LogP contribution in [0, 0.1) is 0 Å². The Hall–Kier alpha value is -0.920. The average Bonchev–Trinajstić information content (AvgIpc) is 2.72. The van der Waals surface area contributed by atoms with Crippen LogP contribution in [-0.2, 0) is 10.0 Å². The topological polar surface area (TPSA) is 86.3 Å². The Labute approximate surface area is 81.6 Å². The Balaban J connectivity index is 2.26. The minimum atomic E-state index is -3.45. The fraction of sp³-hybridized carbons (Fsp3) is 0.571. The Morgan fingerprint density at radius 1 is 1.64 bits per heavy atom. The third-order valence-electron chi connectivity index (χ3n) is 2.24. The fourth-order valence-corrected chi connectivity index (χ4v) is 2.86. The summed E-state index contributed by atoms with van der Waals surface area (Å²) in [5, 5.41) is 15.3. The van der Waals surface area contributed by atoms with Crippen LogP contribution in [0.2, 0.25) is 0 Å². The van der Waals surface area contributed by atoms with Gasteiger partial charge < -0.3 is 5.11 Å². The van der Waals surface area contributed by atoms with Crippen LogP contribution >= 0.6 is 0 Å². The number of sulfonamides is 1. The molecule has 14 heavy (non-hydrogen) atoms. The molecule has 0 aliphatic carbocycles.